The van der Waals surface area contributed by atoms with E-state index in [9.17, 15) is 15.0 Å². The molecule has 174 valence electrons. The smallest absolute Gasteiger partial charge is 0.105 e. The summed E-state index contributed by atoms with van der Waals surface area (Å²) in [6.07, 6.45) is 22.3. The van der Waals surface area contributed by atoms with Gasteiger partial charge in [0.25, 0.3) is 0 Å². The summed E-state index contributed by atoms with van der Waals surface area (Å²) < 4.78 is 0.536. The number of unbranched alkanes of at least 4 members (excludes halogenated alkanes) is 15. The first kappa shape index (κ1) is 28.4. The Bertz CT molecular complexity index is 371. The van der Waals surface area contributed by atoms with E-state index in [0.29, 0.717) is 17.6 Å². The molecule has 0 spiro atoms. The molecule has 0 aliphatic heterocycles. The topological polar surface area (TPSA) is 60.4 Å². The van der Waals surface area contributed by atoms with Crippen molar-refractivity contribution in [2.75, 3.05) is 27.2 Å². The summed E-state index contributed by atoms with van der Waals surface area (Å²) in [6.45, 7) is 3.41. The normalized spacial score (nSPS) is 13.0. The summed E-state index contributed by atoms with van der Waals surface area (Å²) >= 11 is 0. The van der Waals surface area contributed by atoms with Crippen molar-refractivity contribution in [1.82, 2.24) is 0 Å². The Morgan fingerprint density at radius 1 is 0.759 bits per heavy atom. The lowest BCUT2D eigenvalue weighted by Gasteiger charge is -2.32. The molecule has 1 unspecified atom stereocenters. The van der Waals surface area contributed by atoms with E-state index in [1.807, 2.05) is 14.1 Å². The third kappa shape index (κ3) is 21.9. The molecule has 4 heteroatoms. The largest absolute Gasteiger partial charge is 0.550 e. The summed E-state index contributed by atoms with van der Waals surface area (Å²) in [5, 5.41) is 20.8. The van der Waals surface area contributed by atoms with Gasteiger partial charge in [0, 0.05) is 12.4 Å². The minimum Gasteiger partial charge on any atom is -0.550 e. The van der Waals surface area contributed by atoms with Crippen LogP contribution in [0.5, 0.6) is 0 Å². The number of aliphatic carboxylic acids is 1. The molecule has 0 aromatic heterocycles. The van der Waals surface area contributed by atoms with Crippen LogP contribution < -0.4 is 5.11 Å². The van der Waals surface area contributed by atoms with Gasteiger partial charge >= 0.3 is 0 Å². The minimum atomic E-state index is -1.01. The molecule has 0 heterocycles. The van der Waals surface area contributed by atoms with Gasteiger partial charge in [0.05, 0.1) is 20.6 Å². The molecule has 0 fully saturated rings. The summed E-state index contributed by atoms with van der Waals surface area (Å²) in [4.78, 5) is 10.6. The highest BCUT2D eigenvalue weighted by Crippen LogP contribution is 2.15. The van der Waals surface area contributed by atoms with Crippen LogP contribution in [0.1, 0.15) is 122 Å². The molecular formula is C25H51NO3. The molecule has 0 saturated heterocycles. The van der Waals surface area contributed by atoms with Crippen LogP contribution >= 0.6 is 0 Å². The lowest BCUT2D eigenvalue weighted by atomic mass is 10.0. The Morgan fingerprint density at radius 2 is 1.14 bits per heavy atom. The van der Waals surface area contributed by atoms with Crippen LogP contribution in [-0.2, 0) is 4.79 Å². The molecule has 0 rings (SSSR count). The van der Waals surface area contributed by atoms with Crippen LogP contribution in [0.25, 0.3) is 0 Å². The van der Waals surface area contributed by atoms with E-state index in [-0.39, 0.29) is 12.5 Å². The molecule has 0 bridgehead atoms. The van der Waals surface area contributed by atoms with E-state index in [0.717, 1.165) is 12.8 Å². The Hall–Kier alpha value is -0.610. The van der Waals surface area contributed by atoms with E-state index in [1.165, 1.54) is 96.3 Å². The third-order valence-electron chi connectivity index (χ3n) is 6.02. The van der Waals surface area contributed by atoms with Crippen molar-refractivity contribution in [2.45, 2.75) is 129 Å². The van der Waals surface area contributed by atoms with Gasteiger partial charge in [0.15, 0.2) is 0 Å². The van der Waals surface area contributed by atoms with Gasteiger partial charge < -0.3 is 19.5 Å². The molecule has 1 atom stereocenters. The van der Waals surface area contributed by atoms with Gasteiger partial charge in [-0.2, -0.15) is 0 Å². The maximum Gasteiger partial charge on any atom is 0.105 e. The van der Waals surface area contributed by atoms with E-state index in [2.05, 4.69) is 6.92 Å². The van der Waals surface area contributed by atoms with Crippen molar-refractivity contribution in [2.24, 2.45) is 0 Å². The second-order valence-corrected chi connectivity index (χ2v) is 9.71. The molecule has 1 N–H and O–H groups in total. The molecule has 0 aliphatic carbocycles. The third-order valence-corrected chi connectivity index (χ3v) is 6.02. The first-order chi connectivity index (χ1) is 13.9. The average Bonchev–Trinajstić information content (AvgIpc) is 2.66. The molecule has 0 aliphatic rings. The van der Waals surface area contributed by atoms with Crippen molar-refractivity contribution in [3.63, 3.8) is 0 Å². The second-order valence-electron chi connectivity index (χ2n) is 9.71. The second kappa shape index (κ2) is 19.4. The number of hydrogen-bond acceptors (Lipinski definition) is 3. The van der Waals surface area contributed by atoms with Gasteiger partial charge in [0.2, 0.25) is 0 Å². The van der Waals surface area contributed by atoms with Gasteiger partial charge in [-0.1, -0.05) is 110 Å². The van der Waals surface area contributed by atoms with Crippen LogP contribution in [0.4, 0.5) is 0 Å². The number of likely N-dealkylation sites (N-methyl/N-ethyl adjacent to an activating group) is 1. The number of hydrogen-bond donors (Lipinski definition) is 1. The van der Waals surface area contributed by atoms with Crippen LogP contribution in [0.15, 0.2) is 0 Å². The summed E-state index contributed by atoms with van der Waals surface area (Å²) in [7, 11) is 3.94. The Morgan fingerprint density at radius 3 is 1.52 bits per heavy atom. The predicted octanol–water partition coefficient (Wildman–Crippen LogP) is 5.22. The lowest BCUT2D eigenvalue weighted by Crippen LogP contribution is -2.47. The molecule has 0 amide bonds. The fourth-order valence-electron chi connectivity index (χ4n) is 4.08. The van der Waals surface area contributed by atoms with Crippen molar-refractivity contribution < 1.29 is 19.5 Å². The number of carbonyl (C=O) groups is 1. The van der Waals surface area contributed by atoms with Crippen molar-refractivity contribution in [3.05, 3.63) is 0 Å². The Kier molecular flexibility index (Phi) is 19.0. The number of carboxylic acid groups (broad SMARTS) is 1. The van der Waals surface area contributed by atoms with Gasteiger partial charge in [-0.3, -0.25) is 0 Å². The zero-order chi connectivity index (χ0) is 21.8. The zero-order valence-corrected chi connectivity index (χ0v) is 19.9. The Labute approximate surface area is 181 Å². The van der Waals surface area contributed by atoms with Crippen molar-refractivity contribution >= 4 is 5.97 Å². The van der Waals surface area contributed by atoms with Crippen LogP contribution in [0.3, 0.4) is 0 Å². The number of nitrogens with zero attached hydrogens (tertiary/aromatic N) is 1. The lowest BCUT2D eigenvalue weighted by molar-refractivity contribution is -0.893. The predicted molar refractivity (Wildman–Crippen MR) is 122 cm³/mol. The number of quaternary nitrogens is 1. The number of rotatable bonds is 22. The van der Waals surface area contributed by atoms with Crippen LogP contribution in [0.2, 0.25) is 0 Å². The summed E-state index contributed by atoms with van der Waals surface area (Å²) in [6, 6.07) is 0. The highest BCUT2D eigenvalue weighted by Gasteiger charge is 2.19. The molecule has 4 nitrogen and oxygen atoms in total. The van der Waals surface area contributed by atoms with Crippen molar-refractivity contribution in [1.29, 1.82) is 0 Å². The number of aliphatic hydroxyl groups excluding tert-OH is 1. The SMILES string of the molecule is CCCCCCCCCCCCCCCCCCC(O)C[N+](C)(C)CCC(=O)[O-]. The zero-order valence-electron chi connectivity index (χ0n) is 19.9. The summed E-state index contributed by atoms with van der Waals surface area (Å²) in [5.41, 5.74) is 0. The Balaban J connectivity index is 3.33. The maximum absolute atomic E-state index is 10.6. The first-order valence-electron chi connectivity index (χ1n) is 12.6. The molecular weight excluding hydrogens is 362 g/mol. The standard InChI is InChI=1S/C25H51NO3/c1-4-5-6-7-8-9-10-11-12-13-14-15-16-17-18-19-20-24(27)23-26(2,3)22-21-25(28)29/h24,27H,4-23H2,1-3H3. The maximum atomic E-state index is 10.6. The van der Waals surface area contributed by atoms with Gasteiger partial charge in [-0.15, -0.1) is 0 Å². The number of carboxylic acids is 1. The minimum absolute atomic E-state index is 0.0543. The fourth-order valence-corrected chi connectivity index (χ4v) is 4.08. The molecule has 0 saturated carbocycles. The highest BCUT2D eigenvalue weighted by atomic mass is 16.4. The monoisotopic (exact) mass is 413 g/mol. The molecule has 0 aromatic carbocycles. The van der Waals surface area contributed by atoms with E-state index in [1.54, 1.807) is 0 Å². The molecule has 0 aromatic rings. The first-order valence-corrected chi connectivity index (χ1v) is 12.6. The van der Waals surface area contributed by atoms with E-state index >= 15 is 0 Å². The molecule has 29 heavy (non-hydrogen) atoms. The molecule has 0 radical (unpaired) electrons. The highest BCUT2D eigenvalue weighted by molar-refractivity contribution is 5.64. The quantitative estimate of drug-likeness (QED) is 0.196. The fraction of sp³-hybridized carbons (Fsp3) is 0.960. The van der Waals surface area contributed by atoms with E-state index in [4.69, 9.17) is 0 Å². The summed E-state index contributed by atoms with van der Waals surface area (Å²) in [5.74, 6) is -1.01. The van der Waals surface area contributed by atoms with E-state index < -0.39 is 5.97 Å². The average molecular weight is 414 g/mol. The van der Waals surface area contributed by atoms with Gasteiger partial charge in [-0.25, -0.2) is 0 Å². The number of carbonyl (C=O) groups excluding carboxylic acids is 1. The van der Waals surface area contributed by atoms with Gasteiger partial charge in [0.1, 0.15) is 12.6 Å². The van der Waals surface area contributed by atoms with Crippen LogP contribution in [0, 0.1) is 0 Å². The number of aliphatic hydroxyl groups is 1. The van der Waals surface area contributed by atoms with Gasteiger partial charge in [-0.05, 0) is 6.42 Å². The van der Waals surface area contributed by atoms with Crippen molar-refractivity contribution in [3.8, 4) is 0 Å². The van der Waals surface area contributed by atoms with Crippen LogP contribution in [-0.4, -0.2) is 48.8 Å².